The Kier molecular flexibility index (Phi) is 3.46. The number of anilines is 1. The second-order valence-corrected chi connectivity index (χ2v) is 3.63. The molecule has 0 bridgehead atoms. The minimum absolute atomic E-state index is 0.683. The summed E-state index contributed by atoms with van der Waals surface area (Å²) in [6, 6.07) is 7.90. The number of nitrogens with one attached hydrogen (secondary N) is 1. The minimum atomic E-state index is 0.683. The Labute approximate surface area is 101 Å². The number of aromatic nitrogens is 1. The molecule has 1 aromatic carbocycles. The van der Waals surface area contributed by atoms with Crippen molar-refractivity contribution in [2.24, 2.45) is 0 Å². The van der Waals surface area contributed by atoms with Crippen molar-refractivity contribution in [3.05, 3.63) is 30.5 Å². The van der Waals surface area contributed by atoms with Crippen molar-refractivity contribution in [3.8, 4) is 18.1 Å². The maximum Gasteiger partial charge on any atom is 0.133 e. The van der Waals surface area contributed by atoms with Gasteiger partial charge in [0.05, 0.1) is 7.11 Å². The highest BCUT2D eigenvalue weighted by atomic mass is 16.5. The molecule has 1 N–H and O–H groups in total. The van der Waals surface area contributed by atoms with Gasteiger partial charge in [-0.1, -0.05) is 6.07 Å². The van der Waals surface area contributed by atoms with Crippen molar-refractivity contribution in [1.29, 1.82) is 0 Å². The topological polar surface area (TPSA) is 34.2 Å². The van der Waals surface area contributed by atoms with Gasteiger partial charge in [0.2, 0.25) is 0 Å². The maximum atomic E-state index is 5.22. The van der Waals surface area contributed by atoms with Crippen LogP contribution in [-0.2, 0) is 0 Å². The van der Waals surface area contributed by atoms with Crippen molar-refractivity contribution in [1.82, 2.24) is 4.98 Å². The molecule has 0 unspecified atom stereocenters. The van der Waals surface area contributed by atoms with E-state index in [4.69, 9.17) is 11.2 Å². The lowest BCUT2D eigenvalue weighted by molar-refractivity contribution is 0.415. The summed E-state index contributed by atoms with van der Waals surface area (Å²) in [4.78, 5) is 4.32. The van der Waals surface area contributed by atoms with Crippen LogP contribution >= 0.6 is 0 Å². The summed E-state index contributed by atoms with van der Waals surface area (Å²) >= 11 is 0. The lowest BCUT2D eigenvalue weighted by Crippen LogP contribution is -2.02. The first-order chi connectivity index (χ1) is 8.35. The highest BCUT2D eigenvalue weighted by molar-refractivity contribution is 5.92. The zero-order valence-electron chi connectivity index (χ0n) is 9.73. The molecule has 1 aromatic heterocycles. The van der Waals surface area contributed by atoms with E-state index in [0.717, 1.165) is 28.9 Å². The Morgan fingerprint density at radius 1 is 1.41 bits per heavy atom. The van der Waals surface area contributed by atoms with Gasteiger partial charge in [-0.05, 0) is 23.6 Å². The molecule has 2 aromatic rings. The molecule has 0 amide bonds. The summed E-state index contributed by atoms with van der Waals surface area (Å²) in [5.74, 6) is 4.26. The lowest BCUT2D eigenvalue weighted by Gasteiger charge is -2.08. The summed E-state index contributed by atoms with van der Waals surface area (Å²) in [7, 11) is 1.66. The smallest absolute Gasteiger partial charge is 0.133 e. The van der Waals surface area contributed by atoms with E-state index in [-0.39, 0.29) is 0 Å². The van der Waals surface area contributed by atoms with E-state index in [0.29, 0.717) is 6.42 Å². The van der Waals surface area contributed by atoms with Crippen molar-refractivity contribution < 1.29 is 4.74 Å². The van der Waals surface area contributed by atoms with Crippen LogP contribution in [0.3, 0.4) is 0 Å². The molecular weight excluding hydrogens is 212 g/mol. The molecule has 0 fully saturated rings. The molecule has 0 atom stereocenters. The van der Waals surface area contributed by atoms with E-state index >= 15 is 0 Å². The molecular formula is C14H14N2O. The summed E-state index contributed by atoms with van der Waals surface area (Å²) in [5.41, 5.74) is 0. The minimum Gasteiger partial charge on any atom is -0.497 e. The number of hydrogen-bond acceptors (Lipinski definition) is 3. The predicted molar refractivity (Wildman–Crippen MR) is 70.2 cm³/mol. The average molecular weight is 226 g/mol. The SMILES string of the molecule is C#CCCNc1nccc2ccc(OC)cc12. The molecule has 17 heavy (non-hydrogen) atoms. The van der Waals surface area contributed by atoms with E-state index in [2.05, 4.69) is 16.2 Å². The molecule has 3 nitrogen and oxygen atoms in total. The normalized spacial score (nSPS) is 9.88. The monoisotopic (exact) mass is 226 g/mol. The zero-order valence-corrected chi connectivity index (χ0v) is 9.73. The van der Waals surface area contributed by atoms with Gasteiger partial charge in [-0.2, -0.15) is 0 Å². The van der Waals surface area contributed by atoms with E-state index in [1.807, 2.05) is 24.3 Å². The van der Waals surface area contributed by atoms with Gasteiger partial charge < -0.3 is 10.1 Å². The Hall–Kier alpha value is -2.21. The Balaban J connectivity index is 2.37. The molecule has 1 heterocycles. The number of pyridine rings is 1. The third kappa shape index (κ3) is 2.48. The van der Waals surface area contributed by atoms with Crippen LogP contribution in [0.4, 0.5) is 5.82 Å². The quantitative estimate of drug-likeness (QED) is 0.643. The fraction of sp³-hybridized carbons (Fsp3) is 0.214. The molecule has 0 spiro atoms. The highest BCUT2D eigenvalue weighted by Gasteiger charge is 2.02. The van der Waals surface area contributed by atoms with Crippen LogP contribution in [0.2, 0.25) is 0 Å². The first-order valence-electron chi connectivity index (χ1n) is 5.45. The van der Waals surface area contributed by atoms with Gasteiger partial charge in [0.25, 0.3) is 0 Å². The van der Waals surface area contributed by atoms with Gasteiger partial charge in [-0.15, -0.1) is 12.3 Å². The summed E-state index contributed by atoms with van der Waals surface area (Å²) in [6.45, 7) is 0.722. The third-order valence-corrected chi connectivity index (χ3v) is 2.54. The maximum absolute atomic E-state index is 5.22. The number of hydrogen-bond donors (Lipinski definition) is 1. The van der Waals surface area contributed by atoms with Gasteiger partial charge in [0.15, 0.2) is 0 Å². The van der Waals surface area contributed by atoms with Crippen LogP contribution in [0.5, 0.6) is 5.75 Å². The van der Waals surface area contributed by atoms with E-state index in [9.17, 15) is 0 Å². The van der Waals surface area contributed by atoms with Crippen LogP contribution < -0.4 is 10.1 Å². The number of methoxy groups -OCH3 is 1. The first kappa shape index (κ1) is 11.3. The van der Waals surface area contributed by atoms with Crippen LogP contribution in [-0.4, -0.2) is 18.6 Å². The summed E-state index contributed by atoms with van der Waals surface area (Å²) in [5, 5.41) is 5.40. The van der Waals surface area contributed by atoms with Crippen LogP contribution in [0, 0.1) is 12.3 Å². The number of terminal acetylenes is 1. The molecule has 2 rings (SSSR count). The van der Waals surface area contributed by atoms with Gasteiger partial charge >= 0.3 is 0 Å². The second kappa shape index (κ2) is 5.22. The van der Waals surface area contributed by atoms with Crippen LogP contribution in [0.25, 0.3) is 10.8 Å². The number of ether oxygens (including phenoxy) is 1. The molecule has 0 radical (unpaired) electrons. The zero-order chi connectivity index (χ0) is 12.1. The van der Waals surface area contributed by atoms with Crippen molar-refractivity contribution in [3.63, 3.8) is 0 Å². The Morgan fingerprint density at radius 2 is 2.29 bits per heavy atom. The molecule has 0 saturated carbocycles. The second-order valence-electron chi connectivity index (χ2n) is 3.63. The number of benzene rings is 1. The fourth-order valence-corrected chi connectivity index (χ4v) is 1.67. The van der Waals surface area contributed by atoms with Crippen LogP contribution in [0.1, 0.15) is 6.42 Å². The van der Waals surface area contributed by atoms with Gasteiger partial charge in [0, 0.05) is 24.5 Å². The van der Waals surface area contributed by atoms with Crippen molar-refractivity contribution in [2.45, 2.75) is 6.42 Å². The number of nitrogens with zero attached hydrogens (tertiary/aromatic N) is 1. The van der Waals surface area contributed by atoms with E-state index in [1.165, 1.54) is 0 Å². The molecule has 0 aliphatic heterocycles. The van der Waals surface area contributed by atoms with Gasteiger partial charge in [-0.25, -0.2) is 4.98 Å². The summed E-state index contributed by atoms with van der Waals surface area (Å²) < 4.78 is 5.22. The number of rotatable bonds is 4. The highest BCUT2D eigenvalue weighted by Crippen LogP contribution is 2.25. The third-order valence-electron chi connectivity index (χ3n) is 2.54. The van der Waals surface area contributed by atoms with E-state index < -0.39 is 0 Å². The summed E-state index contributed by atoms with van der Waals surface area (Å²) in [6.07, 6.45) is 7.69. The largest absolute Gasteiger partial charge is 0.497 e. The molecule has 0 aliphatic rings. The lowest BCUT2D eigenvalue weighted by atomic mass is 10.1. The Bertz CT molecular complexity index is 558. The predicted octanol–water partition coefficient (Wildman–Crippen LogP) is 2.68. The Morgan fingerprint density at radius 3 is 3.06 bits per heavy atom. The first-order valence-corrected chi connectivity index (χ1v) is 5.45. The van der Waals surface area contributed by atoms with Gasteiger partial charge in [-0.3, -0.25) is 0 Å². The van der Waals surface area contributed by atoms with Crippen molar-refractivity contribution in [2.75, 3.05) is 19.0 Å². The molecule has 86 valence electrons. The average Bonchev–Trinajstić information content (AvgIpc) is 2.39. The molecule has 3 heteroatoms. The van der Waals surface area contributed by atoms with Crippen molar-refractivity contribution >= 4 is 16.6 Å². The van der Waals surface area contributed by atoms with E-state index in [1.54, 1.807) is 13.3 Å². The van der Waals surface area contributed by atoms with Gasteiger partial charge in [0.1, 0.15) is 11.6 Å². The van der Waals surface area contributed by atoms with Crippen LogP contribution in [0.15, 0.2) is 30.5 Å². The fourth-order valence-electron chi connectivity index (χ4n) is 1.67. The standard InChI is InChI=1S/C14H14N2O/c1-3-4-8-15-14-13-10-12(17-2)6-5-11(13)7-9-16-14/h1,5-7,9-10H,4,8H2,2H3,(H,15,16). The number of fused-ring (bicyclic) bond motifs is 1. The molecule has 0 saturated heterocycles. The molecule has 0 aliphatic carbocycles.